The molecule has 1 saturated heterocycles. The molecule has 30 heavy (non-hydrogen) atoms. The van der Waals surface area contributed by atoms with Crippen LogP contribution < -0.4 is 10.1 Å². The van der Waals surface area contributed by atoms with Crippen LogP contribution in [0.15, 0.2) is 53.1 Å². The SMILES string of the molecule is CN(C)c1ccc(CN2C[C@H](O)C[C@H]2c2nc(-c3cccc(N([O-])O)c3)no2)cc1. The summed E-state index contributed by atoms with van der Waals surface area (Å²) in [6.07, 6.45) is 0.0285. The van der Waals surface area contributed by atoms with Gasteiger partial charge in [0.1, 0.15) is 0 Å². The fraction of sp³-hybridized carbons (Fsp3) is 0.333. The molecule has 0 amide bonds. The summed E-state index contributed by atoms with van der Waals surface area (Å²) in [6.45, 7) is 1.17. The summed E-state index contributed by atoms with van der Waals surface area (Å²) < 4.78 is 5.50. The number of benzene rings is 2. The zero-order chi connectivity index (χ0) is 21.3. The van der Waals surface area contributed by atoms with Crippen molar-refractivity contribution in [3.05, 3.63) is 65.2 Å². The minimum atomic E-state index is -0.474. The lowest BCUT2D eigenvalue weighted by atomic mass is 10.1. The molecule has 9 heteroatoms. The summed E-state index contributed by atoms with van der Waals surface area (Å²) in [6, 6.07) is 14.4. The molecule has 1 fully saturated rings. The van der Waals surface area contributed by atoms with E-state index in [0.29, 0.717) is 36.8 Å². The fourth-order valence-corrected chi connectivity index (χ4v) is 3.70. The number of nitrogens with zero attached hydrogens (tertiary/aromatic N) is 5. The molecule has 3 aromatic rings. The van der Waals surface area contributed by atoms with Crippen LogP contribution in [-0.2, 0) is 6.54 Å². The third-order valence-corrected chi connectivity index (χ3v) is 5.27. The van der Waals surface area contributed by atoms with Crippen LogP contribution in [0.2, 0.25) is 0 Å². The van der Waals surface area contributed by atoms with Crippen LogP contribution in [0.5, 0.6) is 0 Å². The van der Waals surface area contributed by atoms with Gasteiger partial charge < -0.3 is 25.0 Å². The second-order valence-corrected chi connectivity index (χ2v) is 7.68. The number of hydrogen-bond acceptors (Lipinski definition) is 9. The molecule has 0 aliphatic carbocycles. The minimum absolute atomic E-state index is 0.0814. The monoisotopic (exact) mass is 410 g/mol. The summed E-state index contributed by atoms with van der Waals surface area (Å²) >= 11 is 0. The van der Waals surface area contributed by atoms with E-state index < -0.39 is 6.10 Å². The molecule has 0 unspecified atom stereocenters. The molecule has 4 rings (SSSR count). The molecule has 0 spiro atoms. The van der Waals surface area contributed by atoms with Gasteiger partial charge >= 0.3 is 0 Å². The molecule has 2 N–H and O–H groups in total. The highest BCUT2D eigenvalue weighted by molar-refractivity contribution is 5.62. The molecule has 2 aromatic carbocycles. The zero-order valence-corrected chi connectivity index (χ0v) is 16.8. The molecule has 9 nitrogen and oxygen atoms in total. The van der Waals surface area contributed by atoms with Crippen molar-refractivity contribution in [1.82, 2.24) is 15.0 Å². The Balaban J connectivity index is 1.53. The smallest absolute Gasteiger partial charge is 0.244 e. The summed E-state index contributed by atoms with van der Waals surface area (Å²) in [5, 5.41) is 34.3. The molecule has 1 aliphatic heterocycles. The lowest BCUT2D eigenvalue weighted by Gasteiger charge is -2.22. The minimum Gasteiger partial charge on any atom is -0.733 e. The van der Waals surface area contributed by atoms with Gasteiger partial charge in [0.2, 0.25) is 11.7 Å². The van der Waals surface area contributed by atoms with Crippen molar-refractivity contribution in [2.45, 2.75) is 25.1 Å². The molecule has 2 atom stereocenters. The summed E-state index contributed by atoms with van der Waals surface area (Å²) in [5.74, 6) is 0.741. The first kappa shape index (κ1) is 20.3. The third kappa shape index (κ3) is 4.29. The molecule has 158 valence electrons. The van der Waals surface area contributed by atoms with Crippen LogP contribution in [0.4, 0.5) is 11.4 Å². The second kappa shape index (κ2) is 8.41. The van der Waals surface area contributed by atoms with Crippen molar-refractivity contribution >= 4 is 11.4 Å². The fourth-order valence-electron chi connectivity index (χ4n) is 3.70. The van der Waals surface area contributed by atoms with Crippen LogP contribution >= 0.6 is 0 Å². The van der Waals surface area contributed by atoms with Crippen molar-refractivity contribution in [2.24, 2.45) is 0 Å². The highest BCUT2D eigenvalue weighted by Gasteiger charge is 2.36. The van der Waals surface area contributed by atoms with Gasteiger partial charge in [0.25, 0.3) is 0 Å². The molecule has 2 heterocycles. The van der Waals surface area contributed by atoms with E-state index in [4.69, 9.17) is 9.73 Å². The van der Waals surface area contributed by atoms with Gasteiger partial charge in [-0.1, -0.05) is 29.4 Å². The topological polar surface area (TPSA) is 112 Å². The van der Waals surface area contributed by atoms with E-state index in [0.717, 1.165) is 11.3 Å². The summed E-state index contributed by atoms with van der Waals surface area (Å²) in [7, 11) is 4.00. The Labute approximate surface area is 174 Å². The molecule has 0 radical (unpaired) electrons. The summed E-state index contributed by atoms with van der Waals surface area (Å²) in [4.78, 5) is 8.65. The van der Waals surface area contributed by atoms with Crippen molar-refractivity contribution in [1.29, 1.82) is 0 Å². The van der Waals surface area contributed by atoms with Crippen molar-refractivity contribution in [3.8, 4) is 11.4 Å². The number of aliphatic hydroxyl groups is 1. The van der Waals surface area contributed by atoms with Crippen LogP contribution in [0.3, 0.4) is 0 Å². The Morgan fingerprint density at radius 1 is 1.17 bits per heavy atom. The predicted octanol–water partition coefficient (Wildman–Crippen LogP) is 2.80. The predicted molar refractivity (Wildman–Crippen MR) is 112 cm³/mol. The lowest BCUT2D eigenvalue weighted by Crippen LogP contribution is -2.24. The van der Waals surface area contributed by atoms with Gasteiger partial charge in [0.05, 0.1) is 17.8 Å². The second-order valence-electron chi connectivity index (χ2n) is 7.68. The maximum absolute atomic E-state index is 11.1. The highest BCUT2D eigenvalue weighted by Crippen LogP contribution is 2.34. The van der Waals surface area contributed by atoms with Crippen molar-refractivity contribution in [3.63, 3.8) is 0 Å². The molecular weight excluding hydrogens is 386 g/mol. The van der Waals surface area contributed by atoms with Gasteiger partial charge in [-0.05, 0) is 36.2 Å². The average molecular weight is 410 g/mol. The number of rotatable bonds is 6. The quantitative estimate of drug-likeness (QED) is 0.592. The van der Waals surface area contributed by atoms with E-state index >= 15 is 0 Å². The highest BCUT2D eigenvalue weighted by atomic mass is 16.8. The van der Waals surface area contributed by atoms with Gasteiger partial charge in [-0.2, -0.15) is 4.98 Å². The molecular formula is C21H24N5O4-. The summed E-state index contributed by atoms with van der Waals surface area (Å²) in [5.41, 5.74) is 2.89. The Bertz CT molecular complexity index is 989. The Morgan fingerprint density at radius 2 is 1.93 bits per heavy atom. The van der Waals surface area contributed by atoms with E-state index in [1.807, 2.05) is 19.0 Å². The standard InChI is InChI=1S/C21H24N5O4/c1-24(2)16-8-6-14(7-9-16)12-25-13-18(27)11-19(25)21-22-20(23-30-21)15-4-3-5-17(10-15)26(28)29/h3-10,18-19,27-28H,11-13H2,1-2H3/q-1/t18-,19+/m1/s1. The Kier molecular flexibility index (Phi) is 5.69. The van der Waals surface area contributed by atoms with Crippen molar-refractivity contribution < 1.29 is 14.8 Å². The number of hydrogen-bond donors (Lipinski definition) is 2. The van der Waals surface area contributed by atoms with Crippen molar-refractivity contribution in [2.75, 3.05) is 30.8 Å². The maximum Gasteiger partial charge on any atom is 0.244 e. The first-order valence-electron chi connectivity index (χ1n) is 9.69. The number of aliphatic hydroxyl groups excluding tert-OH is 1. The van der Waals surface area contributed by atoms with E-state index in [1.165, 1.54) is 12.1 Å². The first-order valence-corrected chi connectivity index (χ1v) is 9.69. The Hall–Kier alpha value is -2.98. The largest absolute Gasteiger partial charge is 0.733 e. The molecule has 0 saturated carbocycles. The first-order chi connectivity index (χ1) is 14.4. The molecule has 1 aromatic heterocycles. The maximum atomic E-state index is 11.1. The molecule has 0 bridgehead atoms. The zero-order valence-electron chi connectivity index (χ0n) is 16.8. The van der Waals surface area contributed by atoms with Gasteiger partial charge in [0, 0.05) is 38.4 Å². The number of β-amino-alcohol motifs (C(OH)–C–C–N with tert-alkyl or cyclic N) is 1. The van der Waals surface area contributed by atoms with E-state index in [2.05, 4.69) is 39.3 Å². The normalized spacial score (nSPS) is 19.2. The number of anilines is 2. The van der Waals surface area contributed by atoms with Crippen LogP contribution in [-0.4, -0.2) is 52.1 Å². The van der Waals surface area contributed by atoms with Gasteiger partial charge in [-0.3, -0.25) is 10.1 Å². The van der Waals surface area contributed by atoms with Gasteiger partial charge in [-0.15, -0.1) is 0 Å². The molecule has 1 aliphatic rings. The number of aromatic nitrogens is 2. The van der Waals surface area contributed by atoms with E-state index in [-0.39, 0.29) is 17.0 Å². The lowest BCUT2D eigenvalue weighted by molar-refractivity contribution is 0.169. The van der Waals surface area contributed by atoms with E-state index in [1.54, 1.807) is 12.1 Å². The van der Waals surface area contributed by atoms with Gasteiger partial charge in [-0.25, -0.2) is 0 Å². The van der Waals surface area contributed by atoms with E-state index in [9.17, 15) is 10.3 Å². The van der Waals surface area contributed by atoms with Crippen LogP contribution in [0.25, 0.3) is 11.4 Å². The number of likely N-dealkylation sites (tertiary alicyclic amines) is 1. The van der Waals surface area contributed by atoms with Crippen LogP contribution in [0.1, 0.15) is 23.9 Å². The Morgan fingerprint density at radius 3 is 2.63 bits per heavy atom. The van der Waals surface area contributed by atoms with Gasteiger partial charge in [0.15, 0.2) is 0 Å². The third-order valence-electron chi connectivity index (χ3n) is 5.27. The van der Waals surface area contributed by atoms with Crippen LogP contribution in [0, 0.1) is 5.21 Å². The average Bonchev–Trinajstić information content (AvgIpc) is 3.35.